The van der Waals surface area contributed by atoms with E-state index in [2.05, 4.69) is 18.2 Å². The van der Waals surface area contributed by atoms with Gasteiger partial charge in [-0.25, -0.2) is 0 Å². The number of hydrogen-bond donors (Lipinski definition) is 2. The van der Waals surface area contributed by atoms with E-state index in [-0.39, 0.29) is 11.5 Å². The van der Waals surface area contributed by atoms with Gasteiger partial charge in [0.15, 0.2) is 0 Å². The Bertz CT molecular complexity index is 1000. The summed E-state index contributed by atoms with van der Waals surface area (Å²) < 4.78 is 0. The fourth-order valence-electron chi connectivity index (χ4n) is 3.12. The molecule has 0 fully saturated rings. The summed E-state index contributed by atoms with van der Waals surface area (Å²) in [5.74, 6) is 0.0485. The highest BCUT2D eigenvalue weighted by Gasteiger charge is 2.16. The Labute approximate surface area is 146 Å². The molecule has 0 unspecified atom stereocenters. The van der Waals surface area contributed by atoms with E-state index in [0.29, 0.717) is 5.69 Å². The van der Waals surface area contributed by atoms with Crippen LogP contribution < -0.4 is 4.90 Å². The van der Waals surface area contributed by atoms with Gasteiger partial charge in [0.25, 0.3) is 0 Å². The fraction of sp³-hybridized carbons (Fsp3) is 0. The summed E-state index contributed by atoms with van der Waals surface area (Å²) in [6.07, 6.45) is 0. The highest BCUT2D eigenvalue weighted by atomic mass is 16.3. The maximum absolute atomic E-state index is 9.96. The quantitative estimate of drug-likeness (QED) is 0.506. The second-order valence-corrected chi connectivity index (χ2v) is 5.88. The summed E-state index contributed by atoms with van der Waals surface area (Å²) >= 11 is 0. The van der Waals surface area contributed by atoms with Crippen molar-refractivity contribution in [2.45, 2.75) is 0 Å². The van der Waals surface area contributed by atoms with E-state index >= 15 is 0 Å². The number of fused-ring (bicyclic) bond motifs is 1. The number of aromatic hydroxyl groups is 2. The second-order valence-electron chi connectivity index (χ2n) is 5.88. The highest BCUT2D eigenvalue weighted by Crippen LogP contribution is 2.40. The molecule has 0 aromatic heterocycles. The number of rotatable bonds is 3. The van der Waals surface area contributed by atoms with Crippen LogP contribution in [0.3, 0.4) is 0 Å². The van der Waals surface area contributed by atoms with Crippen LogP contribution in [0.2, 0.25) is 0 Å². The number of phenolic OH excluding ortho intramolecular Hbond substituents is 2. The maximum atomic E-state index is 9.96. The van der Waals surface area contributed by atoms with Gasteiger partial charge in [0.1, 0.15) is 11.5 Å². The van der Waals surface area contributed by atoms with Crippen molar-refractivity contribution in [3.63, 3.8) is 0 Å². The van der Waals surface area contributed by atoms with Gasteiger partial charge in [-0.15, -0.1) is 0 Å². The zero-order chi connectivity index (χ0) is 17.2. The molecule has 0 aliphatic carbocycles. The van der Waals surface area contributed by atoms with E-state index in [1.807, 2.05) is 59.5 Å². The highest BCUT2D eigenvalue weighted by molar-refractivity contribution is 5.98. The first-order valence-corrected chi connectivity index (χ1v) is 8.08. The molecule has 0 saturated heterocycles. The maximum Gasteiger partial charge on any atom is 0.121 e. The van der Waals surface area contributed by atoms with Crippen molar-refractivity contribution in [3.05, 3.63) is 91.0 Å². The fourth-order valence-corrected chi connectivity index (χ4v) is 3.12. The van der Waals surface area contributed by atoms with Gasteiger partial charge in [0, 0.05) is 29.3 Å². The Balaban J connectivity index is 2.00. The summed E-state index contributed by atoms with van der Waals surface area (Å²) in [5, 5.41) is 22.2. The topological polar surface area (TPSA) is 43.7 Å². The van der Waals surface area contributed by atoms with E-state index in [1.54, 1.807) is 12.1 Å². The first-order chi connectivity index (χ1) is 12.2. The van der Waals surface area contributed by atoms with Crippen LogP contribution in [0, 0.1) is 0 Å². The van der Waals surface area contributed by atoms with E-state index < -0.39 is 0 Å². The minimum Gasteiger partial charge on any atom is -0.508 e. The standard InChI is InChI=1S/C22H17NO2/c24-19-13-18(14-20(25)15-19)23(17-9-2-1-3-10-17)22-12-6-8-16-7-4-5-11-21(16)22/h1-15,24-25H. The van der Waals surface area contributed by atoms with Crippen LogP contribution in [0.1, 0.15) is 0 Å². The van der Waals surface area contributed by atoms with Crippen molar-refractivity contribution >= 4 is 27.8 Å². The molecule has 2 N–H and O–H groups in total. The predicted octanol–water partition coefficient (Wildman–Crippen LogP) is 5.72. The molecule has 0 spiro atoms. The zero-order valence-corrected chi connectivity index (χ0v) is 13.5. The molecule has 3 heteroatoms. The third-order valence-electron chi connectivity index (χ3n) is 4.17. The second kappa shape index (κ2) is 6.21. The Morgan fingerprint density at radius 3 is 1.96 bits per heavy atom. The molecular formula is C22H17NO2. The number of phenols is 2. The van der Waals surface area contributed by atoms with Crippen molar-refractivity contribution in [1.82, 2.24) is 0 Å². The predicted molar refractivity (Wildman–Crippen MR) is 102 cm³/mol. The normalized spacial score (nSPS) is 10.7. The van der Waals surface area contributed by atoms with Gasteiger partial charge in [-0.1, -0.05) is 54.6 Å². The average Bonchev–Trinajstić information content (AvgIpc) is 2.62. The van der Waals surface area contributed by atoms with Crippen molar-refractivity contribution < 1.29 is 10.2 Å². The van der Waals surface area contributed by atoms with Crippen molar-refractivity contribution in [1.29, 1.82) is 0 Å². The monoisotopic (exact) mass is 327 g/mol. The van der Waals surface area contributed by atoms with Crippen LogP contribution in [-0.2, 0) is 0 Å². The van der Waals surface area contributed by atoms with E-state index in [1.165, 1.54) is 6.07 Å². The van der Waals surface area contributed by atoms with Gasteiger partial charge in [-0.2, -0.15) is 0 Å². The third-order valence-corrected chi connectivity index (χ3v) is 4.17. The minimum absolute atomic E-state index is 0.0242. The van der Waals surface area contributed by atoms with Gasteiger partial charge >= 0.3 is 0 Å². The Hall–Kier alpha value is -3.46. The van der Waals surface area contributed by atoms with Crippen molar-refractivity contribution in [2.24, 2.45) is 0 Å². The first kappa shape index (κ1) is 15.1. The van der Waals surface area contributed by atoms with Gasteiger partial charge in [-0.3, -0.25) is 0 Å². The molecule has 0 radical (unpaired) electrons. The molecule has 122 valence electrons. The van der Waals surface area contributed by atoms with E-state index in [0.717, 1.165) is 22.1 Å². The summed E-state index contributed by atoms with van der Waals surface area (Å²) in [6, 6.07) is 28.8. The van der Waals surface area contributed by atoms with Crippen molar-refractivity contribution in [2.75, 3.05) is 4.90 Å². The Kier molecular flexibility index (Phi) is 3.75. The smallest absolute Gasteiger partial charge is 0.121 e. The number of hydrogen-bond acceptors (Lipinski definition) is 3. The van der Waals surface area contributed by atoms with Crippen LogP contribution >= 0.6 is 0 Å². The van der Waals surface area contributed by atoms with Crippen LogP contribution in [0.25, 0.3) is 10.8 Å². The molecular weight excluding hydrogens is 310 g/mol. The molecule has 0 aliphatic heterocycles. The average molecular weight is 327 g/mol. The molecule has 0 bridgehead atoms. The minimum atomic E-state index is 0.0242. The van der Waals surface area contributed by atoms with Gasteiger partial charge in [-0.05, 0) is 23.6 Å². The van der Waals surface area contributed by atoms with Crippen LogP contribution in [0.4, 0.5) is 17.1 Å². The van der Waals surface area contributed by atoms with E-state index in [9.17, 15) is 10.2 Å². The summed E-state index contributed by atoms with van der Waals surface area (Å²) in [6.45, 7) is 0. The Morgan fingerprint density at radius 2 is 1.20 bits per heavy atom. The van der Waals surface area contributed by atoms with Crippen LogP contribution in [-0.4, -0.2) is 10.2 Å². The lowest BCUT2D eigenvalue weighted by Gasteiger charge is -2.27. The zero-order valence-electron chi connectivity index (χ0n) is 13.5. The van der Waals surface area contributed by atoms with Gasteiger partial charge in [0.2, 0.25) is 0 Å². The molecule has 4 aromatic carbocycles. The van der Waals surface area contributed by atoms with Crippen molar-refractivity contribution in [3.8, 4) is 11.5 Å². The molecule has 0 amide bonds. The largest absolute Gasteiger partial charge is 0.508 e. The molecule has 0 heterocycles. The number of anilines is 3. The van der Waals surface area contributed by atoms with Crippen LogP contribution in [0.5, 0.6) is 11.5 Å². The lowest BCUT2D eigenvalue weighted by atomic mass is 10.1. The van der Waals surface area contributed by atoms with Crippen LogP contribution in [0.15, 0.2) is 91.0 Å². The molecule has 4 rings (SSSR count). The summed E-state index contributed by atoms with van der Waals surface area (Å²) in [7, 11) is 0. The van der Waals surface area contributed by atoms with Gasteiger partial charge < -0.3 is 15.1 Å². The summed E-state index contributed by atoms with van der Waals surface area (Å²) in [4.78, 5) is 2.03. The number of para-hydroxylation sites is 1. The van der Waals surface area contributed by atoms with Gasteiger partial charge in [0.05, 0.1) is 11.4 Å². The third kappa shape index (κ3) is 2.88. The Morgan fingerprint density at radius 1 is 0.560 bits per heavy atom. The number of nitrogens with zero attached hydrogens (tertiary/aromatic N) is 1. The number of benzene rings is 4. The lowest BCUT2D eigenvalue weighted by molar-refractivity contribution is 0.451. The summed E-state index contributed by atoms with van der Waals surface area (Å²) in [5.41, 5.74) is 2.62. The lowest BCUT2D eigenvalue weighted by Crippen LogP contribution is -2.10. The van der Waals surface area contributed by atoms with E-state index in [4.69, 9.17) is 0 Å². The molecule has 0 atom stereocenters. The molecule has 4 aromatic rings. The molecule has 3 nitrogen and oxygen atoms in total. The molecule has 0 saturated carbocycles. The molecule has 25 heavy (non-hydrogen) atoms. The first-order valence-electron chi connectivity index (χ1n) is 8.08. The SMILES string of the molecule is Oc1cc(O)cc(N(c2ccccc2)c2cccc3ccccc23)c1. The molecule has 0 aliphatic rings.